The summed E-state index contributed by atoms with van der Waals surface area (Å²) in [7, 11) is 6.45. The van der Waals surface area contributed by atoms with E-state index in [0.717, 1.165) is 25.9 Å². The van der Waals surface area contributed by atoms with Crippen LogP contribution < -0.4 is 0 Å². The van der Waals surface area contributed by atoms with Gasteiger partial charge in [-0.25, -0.2) is 0 Å². The second-order valence-electron chi connectivity index (χ2n) is 5.35. The molecule has 0 aromatic heterocycles. The molecule has 0 aliphatic carbocycles. The lowest BCUT2D eigenvalue weighted by Crippen LogP contribution is -2.29. The van der Waals surface area contributed by atoms with E-state index in [2.05, 4.69) is 62.7 Å². The van der Waals surface area contributed by atoms with E-state index in [1.165, 1.54) is 25.0 Å². The molecule has 0 aliphatic rings. The molecule has 2 heteroatoms. The third kappa shape index (κ3) is 11.9. The molecule has 0 unspecified atom stereocenters. The fourth-order valence-corrected chi connectivity index (χ4v) is 1.88. The first-order valence-electron chi connectivity index (χ1n) is 7.38. The van der Waals surface area contributed by atoms with Crippen molar-refractivity contribution in [2.75, 3.05) is 40.8 Å². The topological polar surface area (TPSA) is 6.48 Å². The molecule has 0 amide bonds. The Bertz CT molecular complexity index is 277. The minimum atomic E-state index is 1.07. The number of allylic oxidation sites excluding steroid dienone is 5. The molecule has 19 heavy (non-hydrogen) atoms. The van der Waals surface area contributed by atoms with Gasteiger partial charge >= 0.3 is 0 Å². The molecule has 0 N–H and O–H groups in total. The predicted octanol–water partition coefficient (Wildman–Crippen LogP) is 3.73. The smallest absolute Gasteiger partial charge is 0.0106 e. The standard InChI is InChI=1S/C17H32N2/c1-6-8-9-12-17(11-7-2)13-10-14-19(5)16-15-18(3)4/h7-9,11H,2,6,10,12-16H2,1,3-5H3/b9-8-,17-11+. The predicted molar refractivity (Wildman–Crippen MR) is 87.6 cm³/mol. The third-order valence-electron chi connectivity index (χ3n) is 3.10. The monoisotopic (exact) mass is 264 g/mol. The van der Waals surface area contributed by atoms with Crippen molar-refractivity contribution in [1.29, 1.82) is 0 Å². The van der Waals surface area contributed by atoms with E-state index >= 15 is 0 Å². The van der Waals surface area contributed by atoms with Crippen molar-refractivity contribution in [2.45, 2.75) is 32.6 Å². The minimum absolute atomic E-state index is 1.07. The van der Waals surface area contributed by atoms with Crippen LogP contribution in [0, 0.1) is 0 Å². The van der Waals surface area contributed by atoms with Gasteiger partial charge in [-0.1, -0.05) is 43.4 Å². The fraction of sp³-hybridized carbons (Fsp3) is 0.647. The highest BCUT2D eigenvalue weighted by atomic mass is 15.1. The van der Waals surface area contributed by atoms with Gasteiger partial charge in [-0.15, -0.1) is 0 Å². The van der Waals surface area contributed by atoms with Crippen LogP contribution in [0.5, 0.6) is 0 Å². The number of hydrogen-bond donors (Lipinski definition) is 0. The van der Waals surface area contributed by atoms with Gasteiger partial charge in [0.2, 0.25) is 0 Å². The zero-order chi connectivity index (χ0) is 14.5. The summed E-state index contributed by atoms with van der Waals surface area (Å²) in [5, 5.41) is 0. The first-order valence-corrected chi connectivity index (χ1v) is 7.38. The van der Waals surface area contributed by atoms with Gasteiger partial charge in [0.25, 0.3) is 0 Å². The van der Waals surface area contributed by atoms with Gasteiger partial charge < -0.3 is 9.80 Å². The molecule has 0 radical (unpaired) electrons. The van der Waals surface area contributed by atoms with Crippen molar-refractivity contribution in [3.8, 4) is 0 Å². The maximum Gasteiger partial charge on any atom is 0.0106 e. The van der Waals surface area contributed by atoms with E-state index in [4.69, 9.17) is 0 Å². The highest BCUT2D eigenvalue weighted by molar-refractivity contribution is 5.13. The Morgan fingerprint density at radius 1 is 1.05 bits per heavy atom. The van der Waals surface area contributed by atoms with Crippen LogP contribution in [0.2, 0.25) is 0 Å². The molecule has 0 aliphatic heterocycles. The Balaban J connectivity index is 3.89. The summed E-state index contributed by atoms with van der Waals surface area (Å²) >= 11 is 0. The third-order valence-corrected chi connectivity index (χ3v) is 3.10. The maximum absolute atomic E-state index is 3.80. The van der Waals surface area contributed by atoms with Crippen LogP contribution in [-0.4, -0.2) is 50.6 Å². The van der Waals surface area contributed by atoms with Crippen LogP contribution in [0.1, 0.15) is 32.6 Å². The van der Waals surface area contributed by atoms with Crippen LogP contribution in [0.25, 0.3) is 0 Å². The average Bonchev–Trinajstić information content (AvgIpc) is 2.36. The van der Waals surface area contributed by atoms with E-state index < -0.39 is 0 Å². The fourth-order valence-electron chi connectivity index (χ4n) is 1.88. The number of rotatable bonds is 11. The van der Waals surface area contributed by atoms with Crippen molar-refractivity contribution >= 4 is 0 Å². The summed E-state index contributed by atoms with van der Waals surface area (Å²) in [5.74, 6) is 0. The summed E-state index contributed by atoms with van der Waals surface area (Å²) < 4.78 is 0. The van der Waals surface area contributed by atoms with Crippen LogP contribution in [0.4, 0.5) is 0 Å². The molecule has 0 saturated carbocycles. The van der Waals surface area contributed by atoms with E-state index in [-0.39, 0.29) is 0 Å². The number of hydrogen-bond acceptors (Lipinski definition) is 2. The zero-order valence-electron chi connectivity index (χ0n) is 13.4. The van der Waals surface area contributed by atoms with Crippen molar-refractivity contribution < 1.29 is 0 Å². The van der Waals surface area contributed by atoms with Crippen molar-refractivity contribution in [2.24, 2.45) is 0 Å². The van der Waals surface area contributed by atoms with E-state index in [1.807, 2.05) is 6.08 Å². The van der Waals surface area contributed by atoms with Crippen molar-refractivity contribution in [1.82, 2.24) is 9.80 Å². The lowest BCUT2D eigenvalue weighted by Gasteiger charge is -2.19. The minimum Gasteiger partial charge on any atom is -0.308 e. The van der Waals surface area contributed by atoms with Crippen molar-refractivity contribution in [3.63, 3.8) is 0 Å². The van der Waals surface area contributed by atoms with E-state index in [1.54, 1.807) is 0 Å². The first-order chi connectivity index (χ1) is 9.10. The van der Waals surface area contributed by atoms with Crippen LogP contribution in [-0.2, 0) is 0 Å². The van der Waals surface area contributed by atoms with Gasteiger partial charge in [0.1, 0.15) is 0 Å². The lowest BCUT2D eigenvalue weighted by molar-refractivity contribution is 0.279. The van der Waals surface area contributed by atoms with Gasteiger partial charge in [0.15, 0.2) is 0 Å². The summed E-state index contributed by atoms with van der Waals surface area (Å²) in [6, 6.07) is 0. The van der Waals surface area contributed by atoms with Gasteiger partial charge in [0.05, 0.1) is 0 Å². The molecule has 0 heterocycles. The molecule has 2 nitrogen and oxygen atoms in total. The number of likely N-dealkylation sites (N-methyl/N-ethyl adjacent to an activating group) is 2. The molecule has 0 fully saturated rings. The number of nitrogens with zero attached hydrogens (tertiary/aromatic N) is 2. The van der Waals surface area contributed by atoms with Gasteiger partial charge in [0, 0.05) is 13.1 Å². The maximum atomic E-state index is 3.80. The van der Waals surface area contributed by atoms with Gasteiger partial charge in [-0.05, 0) is 53.4 Å². The molecule has 0 spiro atoms. The largest absolute Gasteiger partial charge is 0.308 e. The second kappa shape index (κ2) is 12.2. The molecule has 0 rings (SSSR count). The molecular weight excluding hydrogens is 232 g/mol. The first kappa shape index (κ1) is 18.1. The normalized spacial score (nSPS) is 12.8. The summed E-state index contributed by atoms with van der Waals surface area (Å²) in [6.07, 6.45) is 13.2. The average molecular weight is 264 g/mol. The Morgan fingerprint density at radius 2 is 1.79 bits per heavy atom. The van der Waals surface area contributed by atoms with E-state index in [9.17, 15) is 0 Å². The Morgan fingerprint density at radius 3 is 2.37 bits per heavy atom. The van der Waals surface area contributed by atoms with Crippen LogP contribution in [0.15, 0.2) is 36.5 Å². The summed E-state index contributed by atoms with van der Waals surface area (Å²) in [4.78, 5) is 4.64. The Hall–Kier alpha value is -0.860. The molecule has 0 saturated heterocycles. The second-order valence-corrected chi connectivity index (χ2v) is 5.35. The summed E-state index contributed by atoms with van der Waals surface area (Å²) in [6.45, 7) is 9.42. The Labute approximate surface area is 120 Å². The van der Waals surface area contributed by atoms with Crippen LogP contribution in [0.3, 0.4) is 0 Å². The molecule has 0 atom stereocenters. The zero-order valence-corrected chi connectivity index (χ0v) is 13.4. The molecule has 0 aromatic rings. The highest BCUT2D eigenvalue weighted by Crippen LogP contribution is 2.11. The Kier molecular flexibility index (Phi) is 11.6. The SMILES string of the molecule is C=C/C=C(\C/C=C\CC)CCCN(C)CCN(C)C. The van der Waals surface area contributed by atoms with Gasteiger partial charge in [-0.3, -0.25) is 0 Å². The summed E-state index contributed by atoms with van der Waals surface area (Å²) in [5.41, 5.74) is 1.49. The van der Waals surface area contributed by atoms with Crippen molar-refractivity contribution in [3.05, 3.63) is 36.5 Å². The van der Waals surface area contributed by atoms with Crippen LogP contribution >= 0.6 is 0 Å². The van der Waals surface area contributed by atoms with E-state index in [0.29, 0.717) is 0 Å². The molecule has 0 aromatic carbocycles. The quantitative estimate of drug-likeness (QED) is 0.414. The molecule has 0 bridgehead atoms. The lowest BCUT2D eigenvalue weighted by atomic mass is 10.1. The molecule has 110 valence electrons. The van der Waals surface area contributed by atoms with Gasteiger partial charge in [-0.2, -0.15) is 0 Å². The highest BCUT2D eigenvalue weighted by Gasteiger charge is 2.00. The molecular formula is C17H32N2.